The summed E-state index contributed by atoms with van der Waals surface area (Å²) in [6, 6.07) is 7.58. The lowest BCUT2D eigenvalue weighted by atomic mass is 9.96. The van der Waals surface area contributed by atoms with Crippen molar-refractivity contribution in [1.29, 1.82) is 0 Å². The minimum Gasteiger partial charge on any atom is -0.334 e. The number of hydrogen-bond acceptors (Lipinski definition) is 4. The van der Waals surface area contributed by atoms with Crippen molar-refractivity contribution in [2.24, 2.45) is 5.73 Å². The highest BCUT2D eigenvalue weighted by molar-refractivity contribution is 5.94. The van der Waals surface area contributed by atoms with Crippen LogP contribution in [0.15, 0.2) is 36.9 Å². The van der Waals surface area contributed by atoms with Crippen molar-refractivity contribution in [1.82, 2.24) is 19.7 Å². The first-order valence-corrected chi connectivity index (χ1v) is 7.68. The van der Waals surface area contributed by atoms with E-state index in [1.807, 2.05) is 36.1 Å². The number of amides is 1. The lowest BCUT2D eigenvalue weighted by molar-refractivity contribution is 0.0584. The summed E-state index contributed by atoms with van der Waals surface area (Å²) < 4.78 is 1.67. The van der Waals surface area contributed by atoms with E-state index in [1.54, 1.807) is 11.0 Å². The second kappa shape index (κ2) is 6.27. The molecule has 2 aromatic rings. The normalized spacial score (nSPS) is 19.9. The number of likely N-dealkylation sites (tertiary alicyclic amines) is 1. The van der Waals surface area contributed by atoms with Crippen molar-refractivity contribution in [3.05, 3.63) is 42.5 Å². The van der Waals surface area contributed by atoms with E-state index in [4.69, 9.17) is 5.73 Å². The average Bonchev–Trinajstić information content (AvgIpc) is 3.09. The predicted molar refractivity (Wildman–Crippen MR) is 83.7 cm³/mol. The van der Waals surface area contributed by atoms with Gasteiger partial charge in [-0.25, -0.2) is 9.67 Å². The van der Waals surface area contributed by atoms with Crippen molar-refractivity contribution in [2.75, 3.05) is 6.54 Å². The Morgan fingerprint density at radius 1 is 1.32 bits per heavy atom. The standard InChI is InChI=1S/C16H21N5O/c1-12(17)15-4-2-3-9-20(15)16(22)13-5-7-14(8-6-13)21-11-18-10-19-21/h5-8,10-12,15H,2-4,9,17H2,1H3/t12-,15-/m0/s1. The third kappa shape index (κ3) is 2.87. The number of nitrogens with two attached hydrogens (primary N) is 1. The molecular weight excluding hydrogens is 278 g/mol. The number of carbonyl (C=O) groups is 1. The number of aromatic nitrogens is 3. The van der Waals surface area contributed by atoms with Gasteiger partial charge in [0, 0.05) is 24.2 Å². The van der Waals surface area contributed by atoms with Crippen molar-refractivity contribution in [3.8, 4) is 5.69 Å². The molecule has 2 heterocycles. The number of benzene rings is 1. The molecule has 0 unspecified atom stereocenters. The fraction of sp³-hybridized carbons (Fsp3) is 0.438. The smallest absolute Gasteiger partial charge is 0.254 e. The fourth-order valence-electron chi connectivity index (χ4n) is 3.02. The Hall–Kier alpha value is -2.21. The zero-order valence-corrected chi connectivity index (χ0v) is 12.7. The second-order valence-corrected chi connectivity index (χ2v) is 5.81. The predicted octanol–water partition coefficient (Wildman–Crippen LogP) is 1.61. The lowest BCUT2D eigenvalue weighted by Crippen LogP contribution is -2.51. The molecule has 1 aliphatic heterocycles. The molecule has 1 saturated heterocycles. The van der Waals surface area contributed by atoms with Crippen LogP contribution in [0.25, 0.3) is 5.69 Å². The monoisotopic (exact) mass is 299 g/mol. The number of carbonyl (C=O) groups excluding carboxylic acids is 1. The Labute approximate surface area is 129 Å². The van der Waals surface area contributed by atoms with Crippen LogP contribution in [-0.2, 0) is 0 Å². The molecule has 22 heavy (non-hydrogen) atoms. The summed E-state index contributed by atoms with van der Waals surface area (Å²) >= 11 is 0. The Morgan fingerprint density at radius 2 is 2.09 bits per heavy atom. The van der Waals surface area contributed by atoms with E-state index in [9.17, 15) is 4.79 Å². The fourth-order valence-corrected chi connectivity index (χ4v) is 3.02. The molecule has 0 spiro atoms. The summed E-state index contributed by atoms with van der Waals surface area (Å²) in [4.78, 5) is 18.6. The molecule has 2 atom stereocenters. The van der Waals surface area contributed by atoms with Gasteiger partial charge in [-0.05, 0) is 50.5 Å². The molecule has 2 N–H and O–H groups in total. The largest absolute Gasteiger partial charge is 0.334 e. The topological polar surface area (TPSA) is 77.0 Å². The van der Waals surface area contributed by atoms with Crippen molar-refractivity contribution >= 4 is 5.91 Å². The van der Waals surface area contributed by atoms with Crippen LogP contribution in [0.4, 0.5) is 0 Å². The summed E-state index contributed by atoms with van der Waals surface area (Å²) in [6.07, 6.45) is 6.29. The summed E-state index contributed by atoms with van der Waals surface area (Å²) in [7, 11) is 0. The molecule has 1 amide bonds. The number of hydrogen-bond donors (Lipinski definition) is 1. The first-order valence-electron chi connectivity index (χ1n) is 7.68. The Bertz CT molecular complexity index is 620. The van der Waals surface area contributed by atoms with Gasteiger partial charge in [-0.15, -0.1) is 0 Å². The SMILES string of the molecule is C[C@H](N)[C@@H]1CCCCN1C(=O)c1ccc(-n2cncn2)cc1. The van der Waals surface area contributed by atoms with Crippen LogP contribution in [-0.4, -0.2) is 44.2 Å². The maximum absolute atomic E-state index is 12.7. The van der Waals surface area contributed by atoms with Gasteiger partial charge in [0.15, 0.2) is 0 Å². The third-order valence-electron chi connectivity index (χ3n) is 4.21. The minimum absolute atomic E-state index is 0.00123. The number of nitrogens with zero attached hydrogens (tertiary/aromatic N) is 4. The van der Waals surface area contributed by atoms with Crippen molar-refractivity contribution < 1.29 is 4.79 Å². The molecule has 3 rings (SSSR count). The molecule has 0 bridgehead atoms. The highest BCUT2D eigenvalue weighted by atomic mass is 16.2. The second-order valence-electron chi connectivity index (χ2n) is 5.81. The molecule has 0 saturated carbocycles. The molecule has 116 valence electrons. The summed E-state index contributed by atoms with van der Waals surface area (Å²) in [5, 5.41) is 4.08. The Morgan fingerprint density at radius 3 is 2.73 bits per heavy atom. The molecule has 0 radical (unpaired) electrons. The van der Waals surface area contributed by atoms with Gasteiger partial charge in [-0.3, -0.25) is 4.79 Å². The first kappa shape index (κ1) is 14.7. The highest BCUT2D eigenvalue weighted by Crippen LogP contribution is 2.22. The van der Waals surface area contributed by atoms with E-state index in [0.29, 0.717) is 5.56 Å². The average molecular weight is 299 g/mol. The van der Waals surface area contributed by atoms with Gasteiger partial charge >= 0.3 is 0 Å². The van der Waals surface area contributed by atoms with E-state index in [2.05, 4.69) is 10.1 Å². The van der Waals surface area contributed by atoms with Gasteiger partial charge in [0.1, 0.15) is 12.7 Å². The van der Waals surface area contributed by atoms with Crippen LogP contribution in [0.1, 0.15) is 36.5 Å². The first-order chi connectivity index (χ1) is 10.7. The number of rotatable bonds is 3. The molecule has 1 aromatic carbocycles. The Kier molecular flexibility index (Phi) is 4.20. The van der Waals surface area contributed by atoms with Gasteiger partial charge in [-0.1, -0.05) is 0 Å². The van der Waals surface area contributed by atoms with E-state index >= 15 is 0 Å². The highest BCUT2D eigenvalue weighted by Gasteiger charge is 2.29. The molecule has 1 fully saturated rings. The van der Waals surface area contributed by atoms with Crippen LogP contribution in [0.5, 0.6) is 0 Å². The summed E-state index contributed by atoms with van der Waals surface area (Å²) in [5.41, 5.74) is 7.63. The van der Waals surface area contributed by atoms with E-state index < -0.39 is 0 Å². The molecule has 1 aromatic heterocycles. The third-order valence-corrected chi connectivity index (χ3v) is 4.21. The molecule has 0 aliphatic carbocycles. The van der Waals surface area contributed by atoms with Crippen LogP contribution in [0.3, 0.4) is 0 Å². The zero-order valence-electron chi connectivity index (χ0n) is 12.7. The van der Waals surface area contributed by atoms with E-state index in [1.165, 1.54) is 6.33 Å². The quantitative estimate of drug-likeness (QED) is 0.934. The van der Waals surface area contributed by atoms with Crippen molar-refractivity contribution in [2.45, 2.75) is 38.3 Å². The maximum atomic E-state index is 12.7. The Balaban J connectivity index is 1.79. The molecular formula is C16H21N5O. The van der Waals surface area contributed by atoms with Gasteiger partial charge < -0.3 is 10.6 Å². The summed E-state index contributed by atoms with van der Waals surface area (Å²) in [5.74, 6) is 0.0622. The van der Waals surface area contributed by atoms with Crippen molar-refractivity contribution in [3.63, 3.8) is 0 Å². The van der Waals surface area contributed by atoms with E-state index in [-0.39, 0.29) is 18.0 Å². The van der Waals surface area contributed by atoms with Gasteiger partial charge in [0.25, 0.3) is 5.91 Å². The maximum Gasteiger partial charge on any atom is 0.254 e. The van der Waals surface area contributed by atoms with Gasteiger partial charge in [-0.2, -0.15) is 5.10 Å². The molecule has 6 heteroatoms. The number of piperidine rings is 1. The zero-order chi connectivity index (χ0) is 15.5. The van der Waals surface area contributed by atoms with Gasteiger partial charge in [0.2, 0.25) is 0 Å². The van der Waals surface area contributed by atoms with E-state index in [0.717, 1.165) is 31.5 Å². The lowest BCUT2D eigenvalue weighted by Gasteiger charge is -2.38. The van der Waals surface area contributed by atoms with Crippen LogP contribution in [0, 0.1) is 0 Å². The molecule has 6 nitrogen and oxygen atoms in total. The van der Waals surface area contributed by atoms with Crippen LogP contribution >= 0.6 is 0 Å². The summed E-state index contributed by atoms with van der Waals surface area (Å²) in [6.45, 7) is 2.76. The van der Waals surface area contributed by atoms with Crippen LogP contribution < -0.4 is 5.73 Å². The minimum atomic E-state index is -0.00123. The van der Waals surface area contributed by atoms with Gasteiger partial charge in [0.05, 0.1) is 5.69 Å². The molecule has 1 aliphatic rings. The van der Waals surface area contributed by atoms with Crippen LogP contribution in [0.2, 0.25) is 0 Å².